The van der Waals surface area contributed by atoms with E-state index >= 15 is 0 Å². The van der Waals surface area contributed by atoms with Crippen LogP contribution in [-0.4, -0.2) is 100 Å². The van der Waals surface area contributed by atoms with Crippen molar-refractivity contribution in [3.63, 3.8) is 0 Å². The van der Waals surface area contributed by atoms with Gasteiger partial charge in [0.15, 0.2) is 11.4 Å². The number of rotatable bonds is 7. The molecule has 0 saturated heterocycles. The van der Waals surface area contributed by atoms with E-state index in [0.717, 1.165) is 30.6 Å². The first-order valence-corrected chi connectivity index (χ1v) is 14.2. The summed E-state index contributed by atoms with van der Waals surface area (Å²) in [6, 6.07) is 1.00. The van der Waals surface area contributed by atoms with Crippen LogP contribution < -0.4 is 10.6 Å². The number of ketones is 2. The number of likely N-dealkylation sites (N-methyl/N-ethyl adjacent to an activating group) is 1. The summed E-state index contributed by atoms with van der Waals surface area (Å²) in [4.78, 5) is 45.3. The van der Waals surface area contributed by atoms with Crippen molar-refractivity contribution in [2.75, 3.05) is 39.6 Å². The number of benzene rings is 1. The summed E-state index contributed by atoms with van der Waals surface area (Å²) >= 11 is 0. The van der Waals surface area contributed by atoms with Crippen molar-refractivity contribution in [1.29, 1.82) is 0 Å². The molecule has 0 unspecified atom stereocenters. The first-order valence-electron chi connectivity index (χ1n) is 14.2. The number of amides is 1. The smallest absolute Gasteiger partial charge is 0.255 e. The molecule has 11 nitrogen and oxygen atoms in total. The average Bonchev–Trinajstić information content (AvgIpc) is 2.83. The van der Waals surface area contributed by atoms with Gasteiger partial charge in [-0.2, -0.15) is 0 Å². The van der Waals surface area contributed by atoms with Crippen molar-refractivity contribution in [2.24, 2.45) is 17.6 Å². The molecule has 2 saturated carbocycles. The molecule has 6 N–H and O–H groups in total. The van der Waals surface area contributed by atoms with Gasteiger partial charge in [0, 0.05) is 43.9 Å². The third-order valence-electron chi connectivity index (χ3n) is 9.59. The number of carbonyl (C=O) groups excluding carboxylic acids is 3. The van der Waals surface area contributed by atoms with Gasteiger partial charge in [-0.15, -0.1) is 0 Å². The van der Waals surface area contributed by atoms with Gasteiger partial charge in [0.2, 0.25) is 5.78 Å². The summed E-state index contributed by atoms with van der Waals surface area (Å²) in [5.41, 5.74) is 4.33. The van der Waals surface area contributed by atoms with Gasteiger partial charge in [0.1, 0.15) is 22.8 Å². The number of fused-ring (bicyclic) bond motifs is 3. The average molecular weight is 569 g/mol. The Morgan fingerprint density at radius 2 is 1.78 bits per heavy atom. The number of aromatic hydroxyl groups is 1. The van der Waals surface area contributed by atoms with Gasteiger partial charge in [0.05, 0.1) is 11.6 Å². The Bertz CT molecular complexity index is 1390. The molecule has 4 aliphatic carbocycles. The predicted molar refractivity (Wildman–Crippen MR) is 152 cm³/mol. The third kappa shape index (κ3) is 4.16. The minimum atomic E-state index is -2.64. The lowest BCUT2D eigenvalue weighted by Crippen LogP contribution is -2.65. The summed E-state index contributed by atoms with van der Waals surface area (Å²) in [6.45, 7) is 3.58. The molecule has 5 rings (SSSR count). The molecule has 0 aliphatic heterocycles. The maximum absolute atomic E-state index is 14.0. The van der Waals surface area contributed by atoms with E-state index in [-0.39, 0.29) is 29.7 Å². The highest BCUT2D eigenvalue weighted by Gasteiger charge is 2.64. The maximum atomic E-state index is 14.0. The molecule has 0 radical (unpaired) electrons. The molecule has 0 aromatic heterocycles. The standard InChI is InChI=1S/C30H40N4O7/c1-6-34(16-8-7-9-16)13-15-12-19(35)21-17(23(15)32(2)3)10-14-11-18-24(33(4)5)26(37)22(29(31)40)28(39)30(18,41)27(38)20(14)25(21)36/h12,14,16,18,24,35-36,39,41H,6-11,13H2,1-5H3,(H2,31,40)/t14-,18-,24-,30-/m0/s1. The second-order valence-corrected chi connectivity index (χ2v) is 12.3. The van der Waals surface area contributed by atoms with Crippen molar-refractivity contribution in [2.45, 2.75) is 63.3 Å². The number of hydrogen-bond donors (Lipinski definition) is 5. The molecule has 0 bridgehead atoms. The molecule has 0 heterocycles. The molecule has 11 heteroatoms. The highest BCUT2D eigenvalue weighted by Crippen LogP contribution is 2.54. The zero-order chi connectivity index (χ0) is 30.1. The van der Waals surface area contributed by atoms with Gasteiger partial charge >= 0.3 is 0 Å². The Balaban J connectivity index is 1.68. The van der Waals surface area contributed by atoms with E-state index in [4.69, 9.17) is 5.73 Å². The Morgan fingerprint density at radius 3 is 2.29 bits per heavy atom. The second-order valence-electron chi connectivity index (χ2n) is 12.3. The summed E-state index contributed by atoms with van der Waals surface area (Å²) in [6.07, 6.45) is 3.79. The lowest BCUT2D eigenvalue weighted by atomic mass is 9.57. The van der Waals surface area contributed by atoms with Gasteiger partial charge in [-0.3, -0.25) is 24.2 Å². The van der Waals surface area contributed by atoms with Crippen LogP contribution in [0.15, 0.2) is 23.0 Å². The molecule has 41 heavy (non-hydrogen) atoms. The number of hydrogen-bond acceptors (Lipinski definition) is 10. The van der Waals surface area contributed by atoms with E-state index in [9.17, 15) is 34.8 Å². The molecule has 222 valence electrons. The van der Waals surface area contributed by atoms with E-state index in [1.165, 1.54) is 11.3 Å². The van der Waals surface area contributed by atoms with Crippen LogP contribution in [0.4, 0.5) is 5.69 Å². The number of nitrogens with two attached hydrogens (primary N) is 1. The van der Waals surface area contributed by atoms with Crippen molar-refractivity contribution >= 4 is 28.9 Å². The largest absolute Gasteiger partial charge is 0.508 e. The van der Waals surface area contributed by atoms with E-state index < -0.39 is 58.0 Å². The van der Waals surface area contributed by atoms with Crippen LogP contribution in [0.5, 0.6) is 5.75 Å². The highest BCUT2D eigenvalue weighted by atomic mass is 16.3. The van der Waals surface area contributed by atoms with Gasteiger partial charge in [-0.25, -0.2) is 0 Å². The number of Topliss-reactive ketones (excluding diaryl/α,β-unsaturated/α-hetero) is 2. The van der Waals surface area contributed by atoms with Crippen LogP contribution in [0.25, 0.3) is 5.76 Å². The molecule has 1 aromatic rings. The molecule has 2 fully saturated rings. The van der Waals surface area contributed by atoms with E-state index in [2.05, 4.69) is 11.8 Å². The summed E-state index contributed by atoms with van der Waals surface area (Å²) < 4.78 is 0. The monoisotopic (exact) mass is 568 g/mol. The zero-order valence-electron chi connectivity index (χ0n) is 24.3. The normalized spacial score (nSPS) is 28.0. The van der Waals surface area contributed by atoms with Crippen LogP contribution >= 0.6 is 0 Å². The van der Waals surface area contributed by atoms with Crippen LogP contribution in [0.2, 0.25) is 0 Å². The first-order chi connectivity index (χ1) is 19.2. The maximum Gasteiger partial charge on any atom is 0.255 e. The summed E-state index contributed by atoms with van der Waals surface area (Å²) in [5.74, 6) is -6.47. The number of primary amides is 1. The number of aliphatic hydroxyl groups excluding tert-OH is 2. The van der Waals surface area contributed by atoms with Gasteiger partial charge in [-0.05, 0) is 69.4 Å². The number of phenols is 1. The number of phenolic OH excluding ortho intramolecular Hbond substituents is 1. The number of carbonyl (C=O) groups is 3. The topological polar surface area (TPSA) is 168 Å². The quantitative estimate of drug-likeness (QED) is 0.303. The Kier molecular flexibility index (Phi) is 7.20. The predicted octanol–water partition coefficient (Wildman–Crippen LogP) is 1.40. The Morgan fingerprint density at radius 1 is 1.12 bits per heavy atom. The lowest BCUT2D eigenvalue weighted by molar-refractivity contribution is -0.153. The van der Waals surface area contributed by atoms with Crippen molar-refractivity contribution in [3.05, 3.63) is 39.7 Å². The second kappa shape index (κ2) is 10.1. The SMILES string of the molecule is CCN(Cc1cc(O)c2c(c1N(C)C)C[C@H]1C[C@H]3[C@H](N(C)C)C(=O)C(C(N)=O)=C(O)[C@@]3(O)C(=O)C1=C2O)C1CCC1. The molecule has 4 aliphatic rings. The first kappa shape index (κ1) is 29.1. The van der Waals surface area contributed by atoms with Crippen LogP contribution in [0.1, 0.15) is 49.3 Å². The molecular weight excluding hydrogens is 528 g/mol. The zero-order valence-corrected chi connectivity index (χ0v) is 24.3. The van der Waals surface area contributed by atoms with Crippen molar-refractivity contribution in [3.8, 4) is 5.75 Å². The number of nitrogens with zero attached hydrogens (tertiary/aromatic N) is 3. The Hall–Kier alpha value is -3.41. The number of aliphatic hydroxyl groups is 3. The minimum absolute atomic E-state index is 0.0623. The molecular formula is C30H40N4O7. The van der Waals surface area contributed by atoms with Gasteiger partial charge < -0.3 is 31.1 Å². The van der Waals surface area contributed by atoms with Crippen LogP contribution in [0, 0.1) is 11.8 Å². The van der Waals surface area contributed by atoms with Crippen molar-refractivity contribution < 1.29 is 34.8 Å². The minimum Gasteiger partial charge on any atom is -0.508 e. The summed E-state index contributed by atoms with van der Waals surface area (Å²) in [7, 11) is 6.97. The van der Waals surface area contributed by atoms with Crippen LogP contribution in [-0.2, 0) is 27.3 Å². The fourth-order valence-electron chi connectivity index (χ4n) is 7.52. The van der Waals surface area contributed by atoms with Gasteiger partial charge in [-0.1, -0.05) is 13.3 Å². The van der Waals surface area contributed by atoms with Crippen molar-refractivity contribution in [1.82, 2.24) is 9.80 Å². The summed E-state index contributed by atoms with van der Waals surface area (Å²) in [5, 5.41) is 45.6. The lowest BCUT2D eigenvalue weighted by Gasteiger charge is -2.50. The highest BCUT2D eigenvalue weighted by molar-refractivity contribution is 6.24. The van der Waals surface area contributed by atoms with E-state index in [1.807, 2.05) is 19.0 Å². The third-order valence-corrected chi connectivity index (χ3v) is 9.59. The van der Waals surface area contributed by atoms with Gasteiger partial charge in [0.25, 0.3) is 5.91 Å². The fourth-order valence-corrected chi connectivity index (χ4v) is 7.52. The van der Waals surface area contributed by atoms with E-state index in [1.54, 1.807) is 20.2 Å². The molecule has 1 amide bonds. The Labute approximate surface area is 239 Å². The number of anilines is 1. The molecule has 4 atom stereocenters. The van der Waals surface area contributed by atoms with Crippen LogP contribution in [0.3, 0.4) is 0 Å². The molecule has 1 aromatic carbocycles. The molecule has 0 spiro atoms. The fraction of sp³-hybridized carbons (Fsp3) is 0.567. The van der Waals surface area contributed by atoms with E-state index in [0.29, 0.717) is 18.2 Å².